The highest BCUT2D eigenvalue weighted by Crippen LogP contribution is 1.67. The Labute approximate surface area is 58.6 Å². The number of nitrogens with two attached hydrogens (primary N) is 2. The van der Waals surface area contributed by atoms with Crippen LogP contribution < -0.4 is 27.9 Å². The van der Waals surface area contributed by atoms with E-state index in [1.54, 1.807) is 5.43 Å². The van der Waals surface area contributed by atoms with Crippen LogP contribution in [0.5, 0.6) is 0 Å². The van der Waals surface area contributed by atoms with E-state index in [1.165, 1.54) is 0 Å². The van der Waals surface area contributed by atoms with E-state index in [4.69, 9.17) is 0 Å². The van der Waals surface area contributed by atoms with E-state index in [0.29, 0.717) is 0 Å². The van der Waals surface area contributed by atoms with Gasteiger partial charge in [0.05, 0.1) is 0 Å². The fourth-order valence-electron chi connectivity index (χ4n) is 0.295. The van der Waals surface area contributed by atoms with Gasteiger partial charge in [0.15, 0.2) is 0 Å². The van der Waals surface area contributed by atoms with Crippen LogP contribution >= 0.6 is 0 Å². The van der Waals surface area contributed by atoms with E-state index >= 15 is 0 Å². The molecule has 1 rings (SSSR count). The fraction of sp³-hybridized carbons (Fsp3) is 0.250. The quantitative estimate of drug-likeness (QED) is 0.156. The molecule has 0 aromatic carbocycles. The molecular weight excluding hydrogens is 134 g/mol. The van der Waals surface area contributed by atoms with Crippen LogP contribution in [-0.2, 0) is 0 Å². The molecule has 0 saturated heterocycles. The summed E-state index contributed by atoms with van der Waals surface area (Å²) in [5, 5.41) is 0. The summed E-state index contributed by atoms with van der Waals surface area (Å²) in [7, 11) is 0. The van der Waals surface area contributed by atoms with Crippen LogP contribution in [0.15, 0.2) is 12.3 Å². The van der Waals surface area contributed by atoms with E-state index in [-0.39, 0.29) is 0 Å². The summed E-state index contributed by atoms with van der Waals surface area (Å²) < 4.78 is 0. The Balaban J connectivity index is 0.000000162. The highest BCUT2D eigenvalue weighted by molar-refractivity contribution is 5.70. The van der Waals surface area contributed by atoms with Crippen molar-refractivity contribution in [1.29, 1.82) is 0 Å². The zero-order valence-corrected chi connectivity index (χ0v) is 5.42. The second-order valence-corrected chi connectivity index (χ2v) is 1.44. The van der Waals surface area contributed by atoms with E-state index in [1.807, 2.05) is 12.3 Å². The number of rotatable bonds is 0. The smallest absolute Gasteiger partial charge is 0.326 e. The van der Waals surface area contributed by atoms with E-state index in [9.17, 15) is 4.79 Å². The van der Waals surface area contributed by atoms with E-state index < -0.39 is 6.03 Å². The predicted molar refractivity (Wildman–Crippen MR) is 37.2 cm³/mol. The number of amides is 2. The number of carbonyl (C=O) groups excluding carboxylic acids is 1. The normalized spacial score (nSPS) is 12.9. The van der Waals surface area contributed by atoms with Gasteiger partial charge in [-0.2, -0.15) is 0 Å². The summed E-state index contributed by atoms with van der Waals surface area (Å²) >= 11 is 0. The Hall–Kier alpha value is -1.27. The van der Waals surface area contributed by atoms with Crippen LogP contribution in [0.1, 0.15) is 0 Å². The molecule has 58 valence electrons. The summed E-state index contributed by atoms with van der Waals surface area (Å²) in [6, 6.07) is -0.718. The highest BCUT2D eigenvalue weighted by Gasteiger charge is 1.78. The van der Waals surface area contributed by atoms with E-state index in [2.05, 4.69) is 22.4 Å². The van der Waals surface area contributed by atoms with Gasteiger partial charge in [-0.15, -0.1) is 0 Å². The summed E-state index contributed by atoms with van der Waals surface area (Å²) in [4.78, 5) is 9.35. The average molecular weight is 145 g/mol. The van der Waals surface area contributed by atoms with Crippen molar-refractivity contribution in [1.82, 2.24) is 16.3 Å². The lowest BCUT2D eigenvalue weighted by Crippen LogP contribution is -2.34. The highest BCUT2D eigenvalue weighted by atomic mass is 16.2. The first kappa shape index (κ1) is 8.73. The van der Waals surface area contributed by atoms with Gasteiger partial charge in [0.2, 0.25) is 0 Å². The molecule has 1 aliphatic heterocycles. The molecule has 1 heterocycles. The van der Waals surface area contributed by atoms with E-state index in [0.717, 1.165) is 6.54 Å². The van der Waals surface area contributed by atoms with Crippen molar-refractivity contribution in [2.75, 3.05) is 6.54 Å². The van der Waals surface area contributed by atoms with Crippen molar-refractivity contribution >= 4 is 6.03 Å². The molecule has 0 fully saturated rings. The van der Waals surface area contributed by atoms with Gasteiger partial charge >= 0.3 is 6.03 Å². The summed E-state index contributed by atoms with van der Waals surface area (Å²) in [6.07, 6.45) is 3.89. The fourth-order valence-corrected chi connectivity index (χ4v) is 0.295. The number of primary amides is 1. The number of urea groups is 1. The third-order valence-corrected chi connectivity index (χ3v) is 0.665. The van der Waals surface area contributed by atoms with Gasteiger partial charge in [0.1, 0.15) is 0 Å². The molecule has 0 bridgehead atoms. The second-order valence-electron chi connectivity index (χ2n) is 1.44. The van der Waals surface area contributed by atoms with Crippen molar-refractivity contribution in [3.8, 4) is 0 Å². The molecule has 0 aromatic rings. The maximum atomic E-state index is 9.35. The largest absolute Gasteiger partial charge is 0.351 e. The van der Waals surface area contributed by atoms with Gasteiger partial charge in [-0.05, 0) is 0 Å². The summed E-state index contributed by atoms with van der Waals surface area (Å²) in [5.41, 5.74) is 11.7. The Bertz CT molecular complexity index is 117. The lowest BCUT2D eigenvalue weighted by Gasteiger charge is -1.83. The lowest BCUT2D eigenvalue weighted by atomic mass is 10.7. The van der Waals surface area contributed by atoms with Crippen LogP contribution in [0, 0.1) is 0 Å². The molecule has 10 heavy (non-hydrogen) atoms. The summed E-state index contributed by atoms with van der Waals surface area (Å²) in [5.74, 6) is 4.45. The minimum Gasteiger partial charge on any atom is -0.351 e. The number of hydrogen-bond donors (Lipinski definition) is 5. The Morgan fingerprint density at radius 2 is 2.30 bits per heavy atom. The van der Waals surface area contributed by atoms with Crippen molar-refractivity contribution < 1.29 is 4.79 Å². The van der Waals surface area contributed by atoms with Crippen LogP contribution in [-0.4, -0.2) is 12.6 Å². The molecule has 1 aliphatic rings. The molecule has 0 atom stereocenters. The topological polar surface area (TPSA) is 105 Å². The minimum absolute atomic E-state index is 0.718. The SMILES string of the molecule is C1=CNNC1.NNC(N)=O. The van der Waals surface area contributed by atoms with Crippen LogP contribution in [0.2, 0.25) is 0 Å². The van der Waals surface area contributed by atoms with Crippen LogP contribution in [0.25, 0.3) is 0 Å². The van der Waals surface area contributed by atoms with Crippen molar-refractivity contribution in [2.45, 2.75) is 0 Å². The molecule has 0 unspecified atom stereocenters. The molecule has 6 nitrogen and oxygen atoms in total. The molecule has 0 aliphatic carbocycles. The Kier molecular flexibility index (Phi) is 5.12. The van der Waals surface area contributed by atoms with Crippen LogP contribution in [0.4, 0.5) is 4.79 Å². The van der Waals surface area contributed by atoms with Crippen molar-refractivity contribution in [3.63, 3.8) is 0 Å². The number of carbonyl (C=O) groups is 1. The maximum absolute atomic E-state index is 9.35. The van der Waals surface area contributed by atoms with Gasteiger partial charge in [0, 0.05) is 12.7 Å². The van der Waals surface area contributed by atoms with Crippen LogP contribution in [0.3, 0.4) is 0 Å². The van der Waals surface area contributed by atoms with Gasteiger partial charge < -0.3 is 11.2 Å². The van der Waals surface area contributed by atoms with Crippen molar-refractivity contribution in [3.05, 3.63) is 12.3 Å². The molecular formula is C4H11N5O. The number of hydrazine groups is 2. The Morgan fingerprint density at radius 1 is 1.70 bits per heavy atom. The molecule has 2 amide bonds. The van der Waals surface area contributed by atoms with Gasteiger partial charge in [0.25, 0.3) is 0 Å². The lowest BCUT2D eigenvalue weighted by molar-refractivity contribution is 0.249. The van der Waals surface area contributed by atoms with Gasteiger partial charge in [-0.3, -0.25) is 5.43 Å². The molecule has 0 aromatic heterocycles. The Morgan fingerprint density at radius 3 is 2.40 bits per heavy atom. The first-order valence-corrected chi connectivity index (χ1v) is 2.67. The summed E-state index contributed by atoms with van der Waals surface area (Å²) in [6.45, 7) is 0.958. The zero-order valence-electron chi connectivity index (χ0n) is 5.42. The average Bonchev–Trinajstić information content (AvgIpc) is 2.43. The molecule has 6 heteroatoms. The zero-order chi connectivity index (χ0) is 7.82. The maximum Gasteiger partial charge on any atom is 0.326 e. The first-order chi connectivity index (χ1) is 4.77. The standard InChI is InChI=1S/C3H6N2.CH5N3O/c1-2-4-5-3-1;2-1(5)4-3/h1-2,4-5H,3H2;3H2,(H3,2,4,5). The van der Waals surface area contributed by atoms with Crippen molar-refractivity contribution in [2.24, 2.45) is 11.6 Å². The molecule has 0 radical (unpaired) electrons. The molecule has 7 N–H and O–H groups in total. The first-order valence-electron chi connectivity index (χ1n) is 2.67. The third-order valence-electron chi connectivity index (χ3n) is 0.665. The molecule has 0 spiro atoms. The predicted octanol–water partition coefficient (Wildman–Crippen LogP) is -1.86. The van der Waals surface area contributed by atoms with Gasteiger partial charge in [-0.1, -0.05) is 6.08 Å². The molecule has 0 saturated carbocycles. The monoisotopic (exact) mass is 145 g/mol. The number of hydrogen-bond acceptors (Lipinski definition) is 4. The van der Waals surface area contributed by atoms with Gasteiger partial charge in [-0.25, -0.2) is 16.1 Å². The second kappa shape index (κ2) is 5.86. The third kappa shape index (κ3) is 6.73. The minimum atomic E-state index is -0.718. The number of nitrogens with one attached hydrogen (secondary N) is 3.